The third-order valence-electron chi connectivity index (χ3n) is 3.51. The molecule has 0 saturated heterocycles. The maximum Gasteiger partial charge on any atom is 0.231 e. The molecule has 0 radical (unpaired) electrons. The van der Waals surface area contributed by atoms with Crippen LogP contribution in [0.15, 0.2) is 0 Å². The minimum Gasteiger partial charge on any atom is -0.352 e. The summed E-state index contributed by atoms with van der Waals surface area (Å²) in [5.74, 6) is 1.21. The van der Waals surface area contributed by atoms with E-state index in [9.17, 15) is 0 Å². The number of nitrogens with one attached hydrogen (secondary N) is 1. The van der Waals surface area contributed by atoms with Gasteiger partial charge in [-0.3, -0.25) is 0 Å². The van der Waals surface area contributed by atoms with E-state index in [2.05, 4.69) is 52.9 Å². The van der Waals surface area contributed by atoms with Crippen molar-refractivity contribution < 1.29 is 0 Å². The second-order valence-electron chi connectivity index (χ2n) is 5.30. The topological polar surface area (TPSA) is 53.9 Å². The fourth-order valence-corrected chi connectivity index (χ4v) is 2.38. The van der Waals surface area contributed by atoms with Gasteiger partial charge in [-0.1, -0.05) is 32.6 Å². The van der Waals surface area contributed by atoms with E-state index in [4.69, 9.17) is 11.6 Å². The van der Waals surface area contributed by atoms with Gasteiger partial charge in [-0.05, 0) is 38.8 Å². The lowest BCUT2D eigenvalue weighted by atomic mass is 10.1. The van der Waals surface area contributed by atoms with E-state index in [-0.39, 0.29) is 5.28 Å². The number of unbranched alkanes of at least 4 members (excludes halogenated alkanes) is 3. The minimum absolute atomic E-state index is 0.243. The fourth-order valence-electron chi connectivity index (χ4n) is 2.22. The summed E-state index contributed by atoms with van der Waals surface area (Å²) in [6.07, 6.45) is 6.19. The number of hydrogen-bond acceptors (Lipinski definition) is 5. The summed E-state index contributed by atoms with van der Waals surface area (Å²) in [6.45, 7) is 10.2. The van der Waals surface area contributed by atoms with E-state index in [1.54, 1.807) is 0 Å². The Bertz CT molecular complexity index is 409. The van der Waals surface area contributed by atoms with Crippen molar-refractivity contribution >= 4 is 23.5 Å². The summed E-state index contributed by atoms with van der Waals surface area (Å²) in [5.41, 5.74) is 0. The number of hydrogen-bond donors (Lipinski definition) is 1. The lowest BCUT2D eigenvalue weighted by molar-refractivity contribution is 0.591. The monoisotopic (exact) mass is 313 g/mol. The molecule has 120 valence electrons. The van der Waals surface area contributed by atoms with Crippen molar-refractivity contribution in [3.8, 4) is 0 Å². The second-order valence-corrected chi connectivity index (χ2v) is 5.63. The molecule has 0 aliphatic rings. The Kier molecular flexibility index (Phi) is 8.35. The minimum atomic E-state index is 0.243. The number of aromatic nitrogens is 3. The molecule has 5 nitrogen and oxygen atoms in total. The van der Waals surface area contributed by atoms with Crippen molar-refractivity contribution in [1.82, 2.24) is 15.0 Å². The van der Waals surface area contributed by atoms with Crippen LogP contribution in [0.5, 0.6) is 0 Å². The SMILES string of the molecule is CCCCCCC(C)Nc1nc(Cl)nc(N(CC)CC)n1. The van der Waals surface area contributed by atoms with Crippen LogP contribution >= 0.6 is 11.6 Å². The van der Waals surface area contributed by atoms with E-state index >= 15 is 0 Å². The van der Waals surface area contributed by atoms with Crippen LogP contribution in [-0.2, 0) is 0 Å². The van der Waals surface area contributed by atoms with Gasteiger partial charge in [0.2, 0.25) is 17.2 Å². The van der Waals surface area contributed by atoms with Crippen LogP contribution in [0, 0.1) is 0 Å². The highest BCUT2D eigenvalue weighted by molar-refractivity contribution is 6.28. The molecule has 1 unspecified atom stereocenters. The molecule has 0 amide bonds. The van der Waals surface area contributed by atoms with Gasteiger partial charge in [0.15, 0.2) is 0 Å². The van der Waals surface area contributed by atoms with E-state index < -0.39 is 0 Å². The average molecular weight is 314 g/mol. The van der Waals surface area contributed by atoms with Gasteiger partial charge in [-0.2, -0.15) is 15.0 Å². The summed E-state index contributed by atoms with van der Waals surface area (Å²) < 4.78 is 0. The zero-order valence-electron chi connectivity index (χ0n) is 13.7. The smallest absolute Gasteiger partial charge is 0.231 e. The standard InChI is InChI=1S/C15H28ClN5/c1-5-8-9-10-11-12(4)17-14-18-13(16)19-15(20-14)21(6-2)7-3/h12H,5-11H2,1-4H3,(H,17,18,19,20). The van der Waals surface area contributed by atoms with Gasteiger partial charge in [0, 0.05) is 19.1 Å². The zero-order chi connectivity index (χ0) is 15.7. The first-order valence-corrected chi connectivity index (χ1v) is 8.41. The Morgan fingerprint density at radius 3 is 2.38 bits per heavy atom. The maximum absolute atomic E-state index is 6.01. The van der Waals surface area contributed by atoms with Gasteiger partial charge < -0.3 is 10.2 Å². The summed E-state index contributed by atoms with van der Waals surface area (Å²) in [7, 11) is 0. The number of rotatable bonds is 10. The van der Waals surface area contributed by atoms with E-state index in [1.165, 1.54) is 25.7 Å². The molecule has 1 aromatic heterocycles. The third kappa shape index (κ3) is 6.46. The first-order chi connectivity index (χ1) is 10.1. The fraction of sp³-hybridized carbons (Fsp3) is 0.800. The lowest BCUT2D eigenvalue weighted by Gasteiger charge is -2.20. The average Bonchev–Trinajstić information content (AvgIpc) is 2.44. The van der Waals surface area contributed by atoms with Crippen molar-refractivity contribution in [3.63, 3.8) is 0 Å². The Morgan fingerprint density at radius 2 is 1.76 bits per heavy atom. The van der Waals surface area contributed by atoms with Gasteiger partial charge in [0.1, 0.15) is 0 Å². The highest BCUT2D eigenvalue weighted by Gasteiger charge is 2.11. The molecular formula is C15H28ClN5. The summed E-state index contributed by atoms with van der Waals surface area (Å²) in [5, 5.41) is 3.57. The van der Waals surface area contributed by atoms with Crippen LogP contribution in [0.2, 0.25) is 5.28 Å². The summed E-state index contributed by atoms with van der Waals surface area (Å²) in [6, 6.07) is 0.338. The predicted octanol–water partition coefficient (Wildman–Crippen LogP) is 4.14. The first-order valence-electron chi connectivity index (χ1n) is 8.03. The number of anilines is 2. The third-order valence-corrected chi connectivity index (χ3v) is 3.68. The van der Waals surface area contributed by atoms with Gasteiger partial charge in [0.05, 0.1) is 0 Å². The molecule has 6 heteroatoms. The molecule has 1 aromatic rings. The quantitative estimate of drug-likeness (QED) is 0.658. The molecule has 0 aliphatic heterocycles. The predicted molar refractivity (Wildman–Crippen MR) is 90.2 cm³/mol. The van der Waals surface area contributed by atoms with Crippen LogP contribution in [-0.4, -0.2) is 34.1 Å². The molecule has 1 N–H and O–H groups in total. The van der Waals surface area contributed by atoms with Crippen LogP contribution in [0.3, 0.4) is 0 Å². The van der Waals surface area contributed by atoms with Crippen molar-refractivity contribution in [2.24, 2.45) is 0 Å². The molecule has 0 fully saturated rings. The van der Waals surface area contributed by atoms with Crippen LogP contribution in [0.1, 0.15) is 59.8 Å². The van der Waals surface area contributed by atoms with Crippen molar-refractivity contribution in [2.45, 2.75) is 65.8 Å². The molecule has 1 heterocycles. The first kappa shape index (κ1) is 18.0. The summed E-state index contributed by atoms with van der Waals surface area (Å²) >= 11 is 6.01. The van der Waals surface area contributed by atoms with Crippen molar-refractivity contribution in [3.05, 3.63) is 5.28 Å². The Labute approximate surface area is 133 Å². The summed E-state index contributed by atoms with van der Waals surface area (Å²) in [4.78, 5) is 14.9. The van der Waals surface area contributed by atoms with Gasteiger partial charge >= 0.3 is 0 Å². The highest BCUT2D eigenvalue weighted by atomic mass is 35.5. The molecule has 1 atom stereocenters. The van der Waals surface area contributed by atoms with Crippen LogP contribution in [0.4, 0.5) is 11.9 Å². The van der Waals surface area contributed by atoms with Crippen LogP contribution < -0.4 is 10.2 Å². The van der Waals surface area contributed by atoms with Gasteiger partial charge in [0.25, 0.3) is 0 Å². The molecule has 21 heavy (non-hydrogen) atoms. The van der Waals surface area contributed by atoms with Gasteiger partial charge in [-0.15, -0.1) is 0 Å². The highest BCUT2D eigenvalue weighted by Crippen LogP contribution is 2.15. The maximum atomic E-state index is 6.01. The number of nitrogens with zero attached hydrogens (tertiary/aromatic N) is 4. The Hall–Kier alpha value is -1.10. The van der Waals surface area contributed by atoms with Crippen molar-refractivity contribution in [1.29, 1.82) is 0 Å². The second kappa shape index (κ2) is 9.77. The Balaban J connectivity index is 2.61. The molecular weight excluding hydrogens is 286 g/mol. The molecule has 0 aliphatic carbocycles. The molecule has 0 spiro atoms. The number of halogens is 1. The largest absolute Gasteiger partial charge is 0.352 e. The zero-order valence-corrected chi connectivity index (χ0v) is 14.4. The normalized spacial score (nSPS) is 12.2. The van der Waals surface area contributed by atoms with E-state index in [1.807, 2.05) is 0 Å². The lowest BCUT2D eigenvalue weighted by Crippen LogP contribution is -2.25. The van der Waals surface area contributed by atoms with Gasteiger partial charge in [-0.25, -0.2) is 0 Å². The molecule has 0 aromatic carbocycles. The molecule has 0 bridgehead atoms. The van der Waals surface area contributed by atoms with E-state index in [0.717, 1.165) is 19.5 Å². The van der Waals surface area contributed by atoms with Crippen LogP contribution in [0.25, 0.3) is 0 Å². The van der Waals surface area contributed by atoms with E-state index in [0.29, 0.717) is 17.9 Å². The molecule has 0 saturated carbocycles. The van der Waals surface area contributed by atoms with Crippen molar-refractivity contribution in [2.75, 3.05) is 23.3 Å². The molecule has 1 rings (SSSR count). The Morgan fingerprint density at radius 1 is 1.05 bits per heavy atom.